The summed E-state index contributed by atoms with van der Waals surface area (Å²) in [6.07, 6.45) is 2.58. The Labute approximate surface area is 202 Å². The summed E-state index contributed by atoms with van der Waals surface area (Å²) in [5.74, 6) is -1.54. The Morgan fingerprint density at radius 3 is 2.65 bits per heavy atom. The van der Waals surface area contributed by atoms with Gasteiger partial charge in [-0.1, -0.05) is 6.92 Å². The van der Waals surface area contributed by atoms with Gasteiger partial charge in [-0.15, -0.1) is 11.3 Å². The zero-order valence-corrected chi connectivity index (χ0v) is 20.8. The van der Waals surface area contributed by atoms with Gasteiger partial charge in [-0.25, -0.2) is 17.6 Å². The number of carbonyl (C=O) groups excluding carboxylic acids is 2. The fourth-order valence-electron chi connectivity index (χ4n) is 4.60. The highest BCUT2D eigenvalue weighted by Crippen LogP contribution is 2.38. The highest BCUT2D eigenvalue weighted by molar-refractivity contribution is 7.89. The third-order valence-corrected chi connectivity index (χ3v) is 9.28. The van der Waals surface area contributed by atoms with E-state index in [1.807, 2.05) is 0 Å². The Bertz CT molecular complexity index is 1180. The molecule has 8 nitrogen and oxygen atoms in total. The van der Waals surface area contributed by atoms with E-state index in [0.717, 1.165) is 46.4 Å². The number of ether oxygens (including phenoxy) is 1. The smallest absolute Gasteiger partial charge is 0.341 e. The van der Waals surface area contributed by atoms with Crippen LogP contribution in [0.1, 0.15) is 47.0 Å². The first-order chi connectivity index (χ1) is 16.3. The Morgan fingerprint density at radius 1 is 1.24 bits per heavy atom. The first kappa shape index (κ1) is 24.8. The van der Waals surface area contributed by atoms with Crippen LogP contribution in [0.4, 0.5) is 9.39 Å². The summed E-state index contributed by atoms with van der Waals surface area (Å²) < 4.78 is 45.7. The van der Waals surface area contributed by atoms with E-state index in [-0.39, 0.29) is 11.4 Å². The van der Waals surface area contributed by atoms with Crippen LogP contribution in [0, 0.1) is 5.82 Å². The number of carbonyl (C=O) groups is 2. The maximum atomic E-state index is 13.3. The van der Waals surface area contributed by atoms with E-state index in [1.54, 1.807) is 0 Å². The maximum Gasteiger partial charge on any atom is 0.341 e. The lowest BCUT2D eigenvalue weighted by Gasteiger charge is -2.26. The van der Waals surface area contributed by atoms with Crippen LogP contribution in [0.3, 0.4) is 0 Å². The average molecular weight is 510 g/mol. The molecule has 0 aliphatic carbocycles. The molecule has 0 radical (unpaired) electrons. The van der Waals surface area contributed by atoms with E-state index in [2.05, 4.69) is 17.1 Å². The molecule has 4 rings (SSSR count). The summed E-state index contributed by atoms with van der Waals surface area (Å²) in [5.41, 5.74) is 1.25. The predicted molar refractivity (Wildman–Crippen MR) is 127 cm³/mol. The van der Waals surface area contributed by atoms with E-state index in [9.17, 15) is 22.4 Å². The van der Waals surface area contributed by atoms with Crippen molar-refractivity contribution >= 4 is 38.2 Å². The lowest BCUT2D eigenvalue weighted by atomic mass is 10.0. The standard InChI is InChI=1S/C23H28FN3O5S2/c1-3-11-26-13-10-17-19(14-26)33-22(20(17)23(29)32-2)25-21(28)18-5-4-12-27(18)34(30,31)16-8-6-15(24)7-9-16/h6-9,18H,3-5,10-14H2,1-2H3,(H,25,28). The molecule has 2 aromatic rings. The molecule has 0 spiro atoms. The van der Waals surface area contributed by atoms with Crippen molar-refractivity contribution in [3.8, 4) is 0 Å². The van der Waals surface area contributed by atoms with Crippen LogP contribution in [0.5, 0.6) is 0 Å². The van der Waals surface area contributed by atoms with Crippen LogP contribution in [0.15, 0.2) is 29.2 Å². The third kappa shape index (κ3) is 4.74. The van der Waals surface area contributed by atoms with Crippen molar-refractivity contribution in [1.29, 1.82) is 0 Å². The molecule has 1 atom stereocenters. The van der Waals surface area contributed by atoms with Crippen LogP contribution < -0.4 is 5.32 Å². The van der Waals surface area contributed by atoms with Crippen LogP contribution in [-0.2, 0) is 32.5 Å². The van der Waals surface area contributed by atoms with Gasteiger partial charge >= 0.3 is 5.97 Å². The number of rotatable bonds is 7. The number of hydrogen-bond acceptors (Lipinski definition) is 7. The number of nitrogens with zero attached hydrogens (tertiary/aromatic N) is 2. The number of esters is 1. The lowest BCUT2D eigenvalue weighted by Crippen LogP contribution is -2.43. The minimum Gasteiger partial charge on any atom is -0.465 e. The van der Waals surface area contributed by atoms with Gasteiger partial charge in [0.05, 0.1) is 17.6 Å². The molecule has 0 bridgehead atoms. The van der Waals surface area contributed by atoms with Gasteiger partial charge in [0.25, 0.3) is 0 Å². The number of thiophene rings is 1. The van der Waals surface area contributed by atoms with Crippen LogP contribution in [0.2, 0.25) is 0 Å². The normalized spacial score (nSPS) is 19.1. The molecule has 184 valence electrons. The predicted octanol–water partition coefficient (Wildman–Crippen LogP) is 3.23. The quantitative estimate of drug-likeness (QED) is 0.576. The average Bonchev–Trinajstić information content (AvgIpc) is 3.44. The van der Waals surface area contributed by atoms with Gasteiger partial charge in [-0.3, -0.25) is 9.69 Å². The molecule has 1 aromatic heterocycles. The highest BCUT2D eigenvalue weighted by atomic mass is 32.2. The van der Waals surface area contributed by atoms with Crippen molar-refractivity contribution in [1.82, 2.24) is 9.21 Å². The zero-order valence-electron chi connectivity index (χ0n) is 19.2. The van der Waals surface area contributed by atoms with Crippen molar-refractivity contribution in [3.05, 3.63) is 46.1 Å². The molecule has 1 aromatic carbocycles. The molecular formula is C23H28FN3O5S2. The fraction of sp³-hybridized carbons (Fsp3) is 0.478. The van der Waals surface area contributed by atoms with Gasteiger partial charge < -0.3 is 10.1 Å². The number of halogens is 1. The number of methoxy groups -OCH3 is 1. The minimum atomic E-state index is -3.98. The number of anilines is 1. The monoisotopic (exact) mass is 509 g/mol. The molecule has 11 heteroatoms. The molecule has 1 amide bonds. The number of sulfonamides is 1. The second-order valence-electron chi connectivity index (χ2n) is 8.44. The van der Waals surface area contributed by atoms with E-state index in [4.69, 9.17) is 4.74 Å². The molecule has 0 saturated carbocycles. The molecule has 3 heterocycles. The number of amides is 1. The first-order valence-electron chi connectivity index (χ1n) is 11.3. The van der Waals surface area contributed by atoms with E-state index in [1.165, 1.54) is 30.6 Å². The number of fused-ring (bicyclic) bond motifs is 1. The summed E-state index contributed by atoms with van der Waals surface area (Å²) in [7, 11) is -2.67. The van der Waals surface area contributed by atoms with Gasteiger partial charge in [0.15, 0.2) is 0 Å². The van der Waals surface area contributed by atoms with Crippen LogP contribution in [-0.4, -0.2) is 62.3 Å². The SMILES string of the molecule is CCCN1CCc2c(sc(NC(=O)C3CCCN3S(=O)(=O)c3ccc(F)cc3)c2C(=O)OC)C1. The summed E-state index contributed by atoms with van der Waals surface area (Å²) in [6.45, 7) is 4.77. The van der Waals surface area contributed by atoms with Crippen molar-refractivity contribution in [2.75, 3.05) is 32.1 Å². The largest absolute Gasteiger partial charge is 0.465 e. The molecular weight excluding hydrogens is 481 g/mol. The van der Waals surface area contributed by atoms with Crippen LogP contribution in [0.25, 0.3) is 0 Å². The number of nitrogens with one attached hydrogen (secondary N) is 1. The van der Waals surface area contributed by atoms with Crippen molar-refractivity contribution in [2.45, 2.75) is 50.1 Å². The maximum absolute atomic E-state index is 13.3. The molecule has 2 aliphatic rings. The van der Waals surface area contributed by atoms with Gasteiger partial charge in [0.2, 0.25) is 15.9 Å². The van der Waals surface area contributed by atoms with Crippen molar-refractivity contribution in [2.24, 2.45) is 0 Å². The highest BCUT2D eigenvalue weighted by Gasteiger charge is 2.40. The number of benzene rings is 1. The Morgan fingerprint density at radius 2 is 1.97 bits per heavy atom. The topological polar surface area (TPSA) is 96.0 Å². The van der Waals surface area contributed by atoms with Gasteiger partial charge in [0, 0.05) is 24.5 Å². The summed E-state index contributed by atoms with van der Waals surface area (Å²) in [5, 5.41) is 3.22. The van der Waals surface area contributed by atoms with E-state index >= 15 is 0 Å². The van der Waals surface area contributed by atoms with Gasteiger partial charge in [-0.05, 0) is 62.1 Å². The summed E-state index contributed by atoms with van der Waals surface area (Å²) in [4.78, 5) is 29.1. The first-order valence-corrected chi connectivity index (χ1v) is 13.6. The van der Waals surface area contributed by atoms with Gasteiger partial charge in [-0.2, -0.15) is 4.31 Å². The summed E-state index contributed by atoms with van der Waals surface area (Å²) >= 11 is 1.35. The molecule has 1 N–H and O–H groups in total. The zero-order chi connectivity index (χ0) is 24.5. The molecule has 1 unspecified atom stereocenters. The number of hydrogen-bond donors (Lipinski definition) is 1. The lowest BCUT2D eigenvalue weighted by molar-refractivity contribution is -0.119. The fourth-order valence-corrected chi connectivity index (χ4v) is 7.53. The summed E-state index contributed by atoms with van der Waals surface area (Å²) in [6, 6.07) is 3.64. The molecule has 1 fully saturated rings. The second-order valence-corrected chi connectivity index (χ2v) is 11.4. The molecule has 1 saturated heterocycles. The Balaban J connectivity index is 1.59. The Hall–Kier alpha value is -2.34. The van der Waals surface area contributed by atoms with Crippen molar-refractivity contribution in [3.63, 3.8) is 0 Å². The van der Waals surface area contributed by atoms with E-state index < -0.39 is 33.8 Å². The Kier molecular flexibility index (Phi) is 7.36. The molecule has 34 heavy (non-hydrogen) atoms. The van der Waals surface area contributed by atoms with Crippen molar-refractivity contribution < 1.29 is 27.1 Å². The van der Waals surface area contributed by atoms with Crippen LogP contribution >= 0.6 is 11.3 Å². The minimum absolute atomic E-state index is 0.0635. The second kappa shape index (κ2) is 10.1. The van der Waals surface area contributed by atoms with E-state index in [0.29, 0.717) is 36.4 Å². The molecule has 2 aliphatic heterocycles. The third-order valence-electron chi connectivity index (χ3n) is 6.23. The van der Waals surface area contributed by atoms with Gasteiger partial charge in [0.1, 0.15) is 16.9 Å².